The predicted octanol–water partition coefficient (Wildman–Crippen LogP) is 2.69. The molecular weight excluding hydrogens is 326 g/mol. The maximum absolute atomic E-state index is 12.3. The average molecular weight is 347 g/mol. The number of pyridine rings is 1. The van der Waals surface area contributed by atoms with E-state index in [0.717, 1.165) is 19.3 Å². The zero-order chi connectivity index (χ0) is 17.6. The lowest BCUT2D eigenvalue weighted by Gasteiger charge is -2.32. The zero-order valence-corrected chi connectivity index (χ0v) is 14.7. The van der Waals surface area contributed by atoms with Crippen molar-refractivity contribution in [3.8, 4) is 6.07 Å². The molecule has 0 radical (unpaired) electrons. The second kappa shape index (κ2) is 8.15. The van der Waals surface area contributed by atoms with Gasteiger partial charge >= 0.3 is 5.97 Å². The molecule has 1 saturated carbocycles. The summed E-state index contributed by atoms with van der Waals surface area (Å²) >= 11 is 1.34. The first kappa shape index (κ1) is 18.3. The number of thioether (sulfide) groups is 1. The van der Waals surface area contributed by atoms with Crippen LogP contribution in [0.3, 0.4) is 0 Å². The van der Waals surface area contributed by atoms with E-state index in [0.29, 0.717) is 23.4 Å². The normalized spacial score (nSPS) is 17.4. The summed E-state index contributed by atoms with van der Waals surface area (Å²) in [5.41, 5.74) is -0.508. The minimum absolute atomic E-state index is 0.331. The second-order valence-electron chi connectivity index (χ2n) is 5.85. The van der Waals surface area contributed by atoms with Crippen molar-refractivity contribution in [1.82, 2.24) is 10.3 Å². The fraction of sp³-hybridized carbons (Fsp3) is 0.529. The monoisotopic (exact) mass is 347 g/mol. The van der Waals surface area contributed by atoms with Gasteiger partial charge in [-0.1, -0.05) is 19.3 Å². The molecule has 0 unspecified atom stereocenters. The predicted molar refractivity (Wildman–Crippen MR) is 90.5 cm³/mol. The van der Waals surface area contributed by atoms with Crippen molar-refractivity contribution in [1.29, 1.82) is 5.26 Å². The van der Waals surface area contributed by atoms with Crippen molar-refractivity contribution in [3.05, 3.63) is 23.9 Å². The SMILES string of the molecule is CSc1ncccc1C(=O)O[C@H](C)C(=O)NC1(C#N)CCCCC1. The molecule has 6 nitrogen and oxygen atoms in total. The van der Waals surface area contributed by atoms with Crippen molar-refractivity contribution in [3.63, 3.8) is 0 Å². The lowest BCUT2D eigenvalue weighted by Crippen LogP contribution is -2.52. The Labute approximate surface area is 146 Å². The van der Waals surface area contributed by atoms with Gasteiger partial charge in [-0.3, -0.25) is 4.79 Å². The Bertz CT molecular complexity index is 651. The van der Waals surface area contributed by atoms with Gasteiger partial charge in [-0.15, -0.1) is 11.8 Å². The van der Waals surface area contributed by atoms with Crippen LogP contribution in [-0.4, -0.2) is 34.8 Å². The van der Waals surface area contributed by atoms with Gasteiger partial charge in [0.25, 0.3) is 5.91 Å². The highest BCUT2D eigenvalue weighted by Gasteiger charge is 2.35. The number of nitriles is 1. The quantitative estimate of drug-likeness (QED) is 0.650. The number of hydrogen-bond acceptors (Lipinski definition) is 6. The molecule has 1 aromatic rings. The number of carbonyl (C=O) groups excluding carboxylic acids is 2. The van der Waals surface area contributed by atoms with E-state index in [2.05, 4.69) is 16.4 Å². The second-order valence-corrected chi connectivity index (χ2v) is 6.65. The molecule has 0 saturated heterocycles. The van der Waals surface area contributed by atoms with Crippen LogP contribution in [-0.2, 0) is 9.53 Å². The lowest BCUT2D eigenvalue weighted by molar-refractivity contribution is -0.130. The Morgan fingerprint density at radius 3 is 2.75 bits per heavy atom. The molecule has 1 N–H and O–H groups in total. The zero-order valence-electron chi connectivity index (χ0n) is 13.9. The van der Waals surface area contributed by atoms with E-state index in [-0.39, 0.29) is 0 Å². The summed E-state index contributed by atoms with van der Waals surface area (Å²) in [5, 5.41) is 12.7. The first-order valence-corrected chi connectivity index (χ1v) is 9.17. The standard InChI is InChI=1S/C17H21N3O3S/c1-12(14(21)20-17(11-18)8-4-3-5-9-17)23-16(22)13-7-6-10-19-15(13)24-2/h6-7,10,12H,3-5,8-9H2,1-2H3,(H,20,21)/t12-/m1/s1. The topological polar surface area (TPSA) is 92.1 Å². The van der Waals surface area contributed by atoms with Crippen molar-refractivity contribution in [2.24, 2.45) is 0 Å². The van der Waals surface area contributed by atoms with Crippen LogP contribution in [0.25, 0.3) is 0 Å². The minimum Gasteiger partial charge on any atom is -0.449 e. The Balaban J connectivity index is 2.01. The van der Waals surface area contributed by atoms with Crippen molar-refractivity contribution in [2.45, 2.75) is 55.7 Å². The van der Waals surface area contributed by atoms with Gasteiger partial charge < -0.3 is 10.1 Å². The van der Waals surface area contributed by atoms with E-state index in [1.54, 1.807) is 18.3 Å². The van der Waals surface area contributed by atoms with Crippen LogP contribution >= 0.6 is 11.8 Å². The molecule has 24 heavy (non-hydrogen) atoms. The molecule has 1 heterocycles. The Kier molecular flexibility index (Phi) is 6.21. The number of carbonyl (C=O) groups is 2. The van der Waals surface area contributed by atoms with Crippen LogP contribution in [0, 0.1) is 11.3 Å². The van der Waals surface area contributed by atoms with E-state index in [9.17, 15) is 14.9 Å². The number of rotatable bonds is 5. The molecule has 1 atom stereocenters. The van der Waals surface area contributed by atoms with Gasteiger partial charge in [0.1, 0.15) is 10.6 Å². The van der Waals surface area contributed by atoms with E-state index in [1.165, 1.54) is 18.7 Å². The van der Waals surface area contributed by atoms with Crippen molar-refractivity contribution < 1.29 is 14.3 Å². The van der Waals surface area contributed by atoms with E-state index in [1.807, 2.05) is 6.26 Å². The maximum Gasteiger partial charge on any atom is 0.341 e. The lowest BCUT2D eigenvalue weighted by atomic mass is 9.83. The summed E-state index contributed by atoms with van der Waals surface area (Å²) in [4.78, 5) is 28.7. The Morgan fingerprint density at radius 1 is 1.42 bits per heavy atom. The van der Waals surface area contributed by atoms with Crippen LogP contribution in [0.5, 0.6) is 0 Å². The molecule has 1 fully saturated rings. The number of nitrogens with zero attached hydrogens (tertiary/aromatic N) is 2. The molecule has 0 aromatic carbocycles. The first-order valence-electron chi connectivity index (χ1n) is 7.94. The van der Waals surface area contributed by atoms with Crippen molar-refractivity contribution in [2.75, 3.05) is 6.26 Å². The smallest absolute Gasteiger partial charge is 0.341 e. The number of hydrogen-bond donors (Lipinski definition) is 1. The summed E-state index contributed by atoms with van der Waals surface area (Å²) in [6.45, 7) is 1.51. The highest BCUT2D eigenvalue weighted by molar-refractivity contribution is 7.98. The fourth-order valence-corrected chi connectivity index (χ4v) is 3.28. The highest BCUT2D eigenvalue weighted by atomic mass is 32.2. The van der Waals surface area contributed by atoms with Gasteiger partial charge in [-0.05, 0) is 38.2 Å². The van der Waals surface area contributed by atoms with Crippen molar-refractivity contribution >= 4 is 23.6 Å². The minimum atomic E-state index is -0.973. The maximum atomic E-state index is 12.3. The first-order chi connectivity index (χ1) is 11.5. The van der Waals surface area contributed by atoms with E-state index >= 15 is 0 Å². The number of nitrogens with one attached hydrogen (secondary N) is 1. The van der Waals surface area contributed by atoms with Crippen LogP contribution in [0.2, 0.25) is 0 Å². The number of aromatic nitrogens is 1. The van der Waals surface area contributed by atoms with Crippen LogP contribution in [0.1, 0.15) is 49.4 Å². The molecule has 0 aliphatic heterocycles. The molecule has 1 aliphatic carbocycles. The summed E-state index contributed by atoms with van der Waals surface area (Å²) in [6, 6.07) is 5.48. The van der Waals surface area contributed by atoms with Gasteiger partial charge in [0.2, 0.25) is 0 Å². The van der Waals surface area contributed by atoms with E-state index < -0.39 is 23.5 Å². The molecule has 0 spiro atoms. The molecule has 1 aliphatic rings. The van der Waals surface area contributed by atoms with Gasteiger partial charge in [-0.2, -0.15) is 5.26 Å². The van der Waals surface area contributed by atoms with Gasteiger partial charge in [-0.25, -0.2) is 9.78 Å². The summed E-state index contributed by atoms with van der Waals surface area (Å²) in [6.07, 6.45) is 6.60. The fourth-order valence-electron chi connectivity index (χ4n) is 2.74. The molecule has 1 aromatic heterocycles. The third-order valence-electron chi connectivity index (χ3n) is 4.12. The van der Waals surface area contributed by atoms with Crippen LogP contribution in [0.15, 0.2) is 23.4 Å². The molecule has 1 amide bonds. The third-order valence-corrected chi connectivity index (χ3v) is 4.83. The number of ether oxygens (including phenoxy) is 1. The molecular formula is C17H21N3O3S. The number of amides is 1. The number of esters is 1. The van der Waals surface area contributed by atoms with Crippen LogP contribution in [0.4, 0.5) is 0 Å². The van der Waals surface area contributed by atoms with Gasteiger partial charge in [0.05, 0.1) is 11.6 Å². The largest absolute Gasteiger partial charge is 0.449 e. The average Bonchev–Trinajstić information content (AvgIpc) is 2.62. The van der Waals surface area contributed by atoms with E-state index in [4.69, 9.17) is 4.74 Å². The van der Waals surface area contributed by atoms with Gasteiger partial charge in [0.15, 0.2) is 6.10 Å². The third kappa shape index (κ3) is 4.26. The summed E-state index contributed by atoms with van der Waals surface area (Å²) in [7, 11) is 0. The molecule has 128 valence electrons. The molecule has 2 rings (SSSR count). The Hall–Kier alpha value is -2.07. The molecule has 0 bridgehead atoms. The molecule has 7 heteroatoms. The van der Waals surface area contributed by atoms with Crippen LogP contribution < -0.4 is 5.32 Å². The summed E-state index contributed by atoms with van der Waals surface area (Å²) in [5.74, 6) is -1.04. The highest BCUT2D eigenvalue weighted by Crippen LogP contribution is 2.27. The van der Waals surface area contributed by atoms with Gasteiger partial charge in [0, 0.05) is 6.20 Å². The Morgan fingerprint density at radius 2 is 2.12 bits per heavy atom. The summed E-state index contributed by atoms with van der Waals surface area (Å²) < 4.78 is 5.26.